The summed E-state index contributed by atoms with van der Waals surface area (Å²) in [7, 11) is 1.61. The van der Waals surface area contributed by atoms with E-state index >= 15 is 0 Å². The molecule has 1 atom stereocenters. The first-order valence-electron chi connectivity index (χ1n) is 7.07. The van der Waals surface area contributed by atoms with Crippen LogP contribution in [-0.4, -0.2) is 36.3 Å². The van der Waals surface area contributed by atoms with Crippen molar-refractivity contribution in [2.24, 2.45) is 5.92 Å². The van der Waals surface area contributed by atoms with Gasteiger partial charge >= 0.3 is 5.97 Å². The minimum absolute atomic E-state index is 0.154. The van der Waals surface area contributed by atoms with Gasteiger partial charge in [0.25, 0.3) is 6.01 Å². The molecular formula is C15H18N2O4. The summed E-state index contributed by atoms with van der Waals surface area (Å²) in [5, 5.41) is 8.92. The Labute approximate surface area is 122 Å². The minimum atomic E-state index is -0.746. The third kappa shape index (κ3) is 2.94. The maximum Gasteiger partial charge on any atom is 0.303 e. The minimum Gasteiger partial charge on any atom is -0.497 e. The van der Waals surface area contributed by atoms with Crippen molar-refractivity contribution in [1.82, 2.24) is 4.98 Å². The van der Waals surface area contributed by atoms with E-state index in [1.807, 2.05) is 23.1 Å². The molecular weight excluding hydrogens is 272 g/mol. The van der Waals surface area contributed by atoms with Gasteiger partial charge in [0, 0.05) is 25.6 Å². The van der Waals surface area contributed by atoms with Crippen molar-refractivity contribution < 1.29 is 19.1 Å². The highest BCUT2D eigenvalue weighted by Crippen LogP contribution is 2.29. The molecule has 1 N–H and O–H groups in total. The molecule has 0 amide bonds. The third-order valence-electron chi connectivity index (χ3n) is 3.84. The molecule has 2 heterocycles. The van der Waals surface area contributed by atoms with Crippen LogP contribution in [0.25, 0.3) is 11.1 Å². The number of fused-ring (bicyclic) bond motifs is 1. The Balaban J connectivity index is 1.80. The molecule has 3 rings (SSSR count). The SMILES string of the molecule is COc1ccc2oc(N3CCCC(CC(=O)O)C3)nc2c1. The first-order valence-corrected chi connectivity index (χ1v) is 7.07. The molecule has 1 unspecified atom stereocenters. The van der Waals surface area contributed by atoms with E-state index in [1.54, 1.807) is 7.11 Å². The van der Waals surface area contributed by atoms with Crippen molar-refractivity contribution in [3.8, 4) is 5.75 Å². The first-order chi connectivity index (χ1) is 10.2. The van der Waals surface area contributed by atoms with E-state index in [-0.39, 0.29) is 12.3 Å². The molecule has 2 aromatic rings. The van der Waals surface area contributed by atoms with Gasteiger partial charge < -0.3 is 19.2 Å². The van der Waals surface area contributed by atoms with Crippen LogP contribution in [0.15, 0.2) is 22.6 Å². The molecule has 21 heavy (non-hydrogen) atoms. The van der Waals surface area contributed by atoms with Crippen LogP contribution in [0.3, 0.4) is 0 Å². The summed E-state index contributed by atoms with van der Waals surface area (Å²) >= 11 is 0. The Morgan fingerprint density at radius 3 is 3.19 bits per heavy atom. The van der Waals surface area contributed by atoms with E-state index < -0.39 is 5.97 Å². The van der Waals surface area contributed by atoms with Crippen molar-refractivity contribution in [2.75, 3.05) is 25.1 Å². The van der Waals surface area contributed by atoms with Crippen LogP contribution in [0.5, 0.6) is 5.75 Å². The smallest absolute Gasteiger partial charge is 0.303 e. The monoisotopic (exact) mass is 290 g/mol. The molecule has 0 spiro atoms. The van der Waals surface area contributed by atoms with Gasteiger partial charge in [-0.05, 0) is 30.9 Å². The van der Waals surface area contributed by atoms with Crippen molar-refractivity contribution in [2.45, 2.75) is 19.3 Å². The lowest BCUT2D eigenvalue weighted by atomic mass is 9.95. The molecule has 1 aliphatic heterocycles. The third-order valence-corrected chi connectivity index (χ3v) is 3.84. The number of methoxy groups -OCH3 is 1. The maximum absolute atomic E-state index is 10.9. The molecule has 112 valence electrons. The fourth-order valence-corrected chi connectivity index (χ4v) is 2.81. The molecule has 1 aromatic carbocycles. The lowest BCUT2D eigenvalue weighted by molar-refractivity contribution is -0.138. The molecule has 0 bridgehead atoms. The molecule has 1 saturated heterocycles. The summed E-state index contributed by atoms with van der Waals surface area (Å²) < 4.78 is 10.9. The number of nitrogens with zero attached hydrogens (tertiary/aromatic N) is 2. The van der Waals surface area contributed by atoms with Gasteiger partial charge in [0.1, 0.15) is 11.3 Å². The zero-order chi connectivity index (χ0) is 14.8. The molecule has 0 radical (unpaired) electrons. The number of carbonyl (C=O) groups is 1. The number of hydrogen-bond donors (Lipinski definition) is 1. The summed E-state index contributed by atoms with van der Waals surface area (Å²) in [6.45, 7) is 1.52. The van der Waals surface area contributed by atoms with E-state index in [1.165, 1.54) is 0 Å². The summed E-state index contributed by atoms with van der Waals surface area (Å²) in [5.41, 5.74) is 1.47. The molecule has 0 saturated carbocycles. The molecule has 0 aliphatic carbocycles. The van der Waals surface area contributed by atoms with Crippen LogP contribution in [0.1, 0.15) is 19.3 Å². The van der Waals surface area contributed by atoms with Gasteiger partial charge in [0.15, 0.2) is 5.58 Å². The number of piperidine rings is 1. The standard InChI is InChI=1S/C15H18N2O4/c1-20-11-4-5-13-12(8-11)16-15(21-13)17-6-2-3-10(9-17)7-14(18)19/h4-5,8,10H,2-3,6-7,9H2,1H3,(H,18,19). The van der Waals surface area contributed by atoms with E-state index in [4.69, 9.17) is 14.3 Å². The summed E-state index contributed by atoms with van der Waals surface area (Å²) in [6, 6.07) is 6.07. The number of oxazole rings is 1. The van der Waals surface area contributed by atoms with E-state index in [0.717, 1.165) is 30.7 Å². The fraction of sp³-hybridized carbons (Fsp3) is 0.467. The molecule has 1 fully saturated rings. The normalized spacial score (nSPS) is 18.9. The van der Waals surface area contributed by atoms with Gasteiger partial charge in [0.05, 0.1) is 7.11 Å². The molecule has 1 aromatic heterocycles. The van der Waals surface area contributed by atoms with Crippen molar-refractivity contribution in [1.29, 1.82) is 0 Å². The lowest BCUT2D eigenvalue weighted by Crippen LogP contribution is -2.36. The zero-order valence-electron chi connectivity index (χ0n) is 11.9. The van der Waals surface area contributed by atoms with Crippen LogP contribution < -0.4 is 9.64 Å². The Morgan fingerprint density at radius 2 is 2.43 bits per heavy atom. The van der Waals surface area contributed by atoms with E-state index in [0.29, 0.717) is 18.1 Å². The predicted molar refractivity (Wildman–Crippen MR) is 77.8 cm³/mol. The van der Waals surface area contributed by atoms with Gasteiger partial charge in [-0.3, -0.25) is 4.79 Å². The summed E-state index contributed by atoms with van der Waals surface area (Å²) in [6.07, 6.45) is 2.10. The Kier molecular flexibility index (Phi) is 3.68. The van der Waals surface area contributed by atoms with Crippen molar-refractivity contribution >= 4 is 23.1 Å². The number of rotatable bonds is 4. The van der Waals surface area contributed by atoms with Gasteiger partial charge in [-0.15, -0.1) is 0 Å². The highest BCUT2D eigenvalue weighted by Gasteiger charge is 2.25. The van der Waals surface area contributed by atoms with Crippen LogP contribution in [0, 0.1) is 5.92 Å². The molecule has 6 heteroatoms. The van der Waals surface area contributed by atoms with Crippen LogP contribution in [0.2, 0.25) is 0 Å². The van der Waals surface area contributed by atoms with Gasteiger partial charge in [0.2, 0.25) is 0 Å². The topological polar surface area (TPSA) is 75.8 Å². The lowest BCUT2D eigenvalue weighted by Gasteiger charge is -2.30. The summed E-state index contributed by atoms with van der Waals surface area (Å²) in [4.78, 5) is 17.4. The van der Waals surface area contributed by atoms with Gasteiger partial charge in [-0.2, -0.15) is 4.98 Å². The van der Waals surface area contributed by atoms with Crippen molar-refractivity contribution in [3.05, 3.63) is 18.2 Å². The number of anilines is 1. The second kappa shape index (κ2) is 5.63. The van der Waals surface area contributed by atoms with Gasteiger partial charge in [-0.25, -0.2) is 0 Å². The quantitative estimate of drug-likeness (QED) is 0.932. The highest BCUT2D eigenvalue weighted by molar-refractivity contribution is 5.76. The average molecular weight is 290 g/mol. The second-order valence-corrected chi connectivity index (χ2v) is 5.38. The number of hydrogen-bond acceptors (Lipinski definition) is 5. The van der Waals surface area contributed by atoms with Crippen LogP contribution in [0.4, 0.5) is 6.01 Å². The zero-order valence-corrected chi connectivity index (χ0v) is 11.9. The number of benzene rings is 1. The average Bonchev–Trinajstić information content (AvgIpc) is 2.89. The Morgan fingerprint density at radius 1 is 1.57 bits per heavy atom. The van der Waals surface area contributed by atoms with Crippen LogP contribution >= 0.6 is 0 Å². The van der Waals surface area contributed by atoms with Gasteiger partial charge in [-0.1, -0.05) is 0 Å². The number of aromatic nitrogens is 1. The van der Waals surface area contributed by atoms with Crippen LogP contribution in [-0.2, 0) is 4.79 Å². The number of carboxylic acids is 1. The number of ether oxygens (including phenoxy) is 1. The van der Waals surface area contributed by atoms with E-state index in [9.17, 15) is 4.79 Å². The Bertz CT molecular complexity index is 652. The second-order valence-electron chi connectivity index (χ2n) is 5.38. The number of aliphatic carboxylic acids is 1. The largest absolute Gasteiger partial charge is 0.497 e. The first kappa shape index (κ1) is 13.7. The Hall–Kier alpha value is -2.24. The molecule has 1 aliphatic rings. The highest BCUT2D eigenvalue weighted by atomic mass is 16.5. The molecule has 6 nitrogen and oxygen atoms in total. The predicted octanol–water partition coefficient (Wildman–Crippen LogP) is 2.53. The fourth-order valence-electron chi connectivity index (χ4n) is 2.81. The van der Waals surface area contributed by atoms with E-state index in [2.05, 4.69) is 4.98 Å². The number of carboxylic acid groups (broad SMARTS) is 1. The van der Waals surface area contributed by atoms with Crippen molar-refractivity contribution in [3.63, 3.8) is 0 Å². The summed E-state index contributed by atoms with van der Waals surface area (Å²) in [5.74, 6) is 0.148. The maximum atomic E-state index is 10.9.